The molecule has 0 saturated carbocycles. The molecule has 15 heavy (non-hydrogen) atoms. The van der Waals surface area contributed by atoms with Crippen LogP contribution in [0.15, 0.2) is 24.3 Å². The number of nitrogens with two attached hydrogens (primary N) is 1. The third kappa shape index (κ3) is 4.13. The van der Waals surface area contributed by atoms with Gasteiger partial charge in [-0.15, -0.1) is 0 Å². The van der Waals surface area contributed by atoms with Crippen LogP contribution in [0.4, 0.5) is 13.2 Å². The van der Waals surface area contributed by atoms with Crippen LogP contribution in [0.3, 0.4) is 0 Å². The van der Waals surface area contributed by atoms with Gasteiger partial charge in [-0.3, -0.25) is 0 Å². The smallest absolute Gasteiger partial charge is 0.330 e. The van der Waals surface area contributed by atoms with Crippen molar-refractivity contribution in [3.63, 3.8) is 0 Å². The summed E-state index contributed by atoms with van der Waals surface area (Å²) in [5.41, 5.74) is 5.39. The Kier molecular flexibility index (Phi) is 4.47. The van der Waals surface area contributed by atoms with Crippen molar-refractivity contribution in [1.82, 2.24) is 0 Å². The molecule has 0 bridgehead atoms. The van der Waals surface area contributed by atoms with Gasteiger partial charge in [0.15, 0.2) is 0 Å². The Balaban J connectivity index is 2.66. The first-order chi connectivity index (χ1) is 7.04. The summed E-state index contributed by atoms with van der Waals surface area (Å²) < 4.78 is 37.0. The van der Waals surface area contributed by atoms with Gasteiger partial charge >= 0.3 is 6.18 Å². The van der Waals surface area contributed by atoms with Crippen LogP contribution in [0.1, 0.15) is 11.1 Å². The Morgan fingerprint density at radius 3 is 2.60 bits per heavy atom. The Bertz CT molecular complexity index is 312. The molecule has 0 saturated heterocycles. The zero-order valence-corrected chi connectivity index (χ0v) is 8.87. The van der Waals surface area contributed by atoms with Crippen LogP contribution < -0.4 is 5.73 Å². The van der Waals surface area contributed by atoms with Crippen LogP contribution in [0.25, 0.3) is 0 Å². The van der Waals surface area contributed by atoms with Gasteiger partial charge in [-0.2, -0.15) is 24.9 Å². The largest absolute Gasteiger partial charge is 0.416 e. The van der Waals surface area contributed by atoms with Crippen molar-refractivity contribution in [1.29, 1.82) is 0 Å². The SMILES string of the molecule is NCCSCc1cccc(C(F)(F)F)c1. The Hall–Kier alpha value is -0.680. The van der Waals surface area contributed by atoms with Gasteiger partial charge in [0.25, 0.3) is 0 Å². The van der Waals surface area contributed by atoms with Gasteiger partial charge < -0.3 is 5.73 Å². The molecule has 1 nitrogen and oxygen atoms in total. The molecule has 84 valence electrons. The van der Waals surface area contributed by atoms with Crippen molar-refractivity contribution in [2.45, 2.75) is 11.9 Å². The summed E-state index contributed by atoms with van der Waals surface area (Å²) in [5.74, 6) is 1.33. The quantitative estimate of drug-likeness (QED) is 0.812. The molecule has 0 aliphatic carbocycles. The average molecular weight is 235 g/mol. The molecule has 0 fully saturated rings. The molecular weight excluding hydrogens is 223 g/mol. The minimum Gasteiger partial charge on any atom is -0.330 e. The van der Waals surface area contributed by atoms with Crippen LogP contribution in [0, 0.1) is 0 Å². The average Bonchev–Trinajstić information content (AvgIpc) is 2.17. The van der Waals surface area contributed by atoms with E-state index in [-0.39, 0.29) is 0 Å². The Morgan fingerprint density at radius 2 is 2.00 bits per heavy atom. The maximum atomic E-state index is 12.3. The molecule has 0 atom stereocenters. The van der Waals surface area contributed by atoms with Gasteiger partial charge in [0.1, 0.15) is 0 Å². The van der Waals surface area contributed by atoms with Gasteiger partial charge in [-0.1, -0.05) is 18.2 Å². The summed E-state index contributed by atoms with van der Waals surface area (Å²) in [7, 11) is 0. The van der Waals surface area contributed by atoms with Gasteiger partial charge in [0.2, 0.25) is 0 Å². The molecule has 1 aromatic carbocycles. The normalized spacial score (nSPS) is 11.7. The molecule has 0 heterocycles. The maximum absolute atomic E-state index is 12.3. The molecule has 0 spiro atoms. The molecule has 0 aliphatic rings. The number of thioether (sulfide) groups is 1. The Labute approximate surface area is 90.9 Å². The fourth-order valence-corrected chi connectivity index (χ4v) is 1.84. The minimum absolute atomic E-state index is 0.545. The van der Waals surface area contributed by atoms with Crippen molar-refractivity contribution in [2.75, 3.05) is 12.3 Å². The summed E-state index contributed by atoms with van der Waals surface area (Å²) in [6.07, 6.45) is -4.26. The standard InChI is InChI=1S/C10H12F3NS/c11-10(12,13)9-3-1-2-8(6-9)7-15-5-4-14/h1-3,6H,4-5,7,14H2. The van der Waals surface area contributed by atoms with Crippen LogP contribution >= 0.6 is 11.8 Å². The lowest BCUT2D eigenvalue weighted by Crippen LogP contribution is -2.05. The monoisotopic (exact) mass is 235 g/mol. The first kappa shape index (κ1) is 12.4. The zero-order valence-electron chi connectivity index (χ0n) is 8.05. The van der Waals surface area contributed by atoms with E-state index in [1.807, 2.05) is 0 Å². The van der Waals surface area contributed by atoms with Gasteiger partial charge in [-0.25, -0.2) is 0 Å². The topological polar surface area (TPSA) is 26.0 Å². The lowest BCUT2D eigenvalue weighted by atomic mass is 10.1. The van der Waals surface area contributed by atoms with Gasteiger partial charge in [-0.05, 0) is 11.6 Å². The number of benzene rings is 1. The Morgan fingerprint density at radius 1 is 1.27 bits per heavy atom. The van der Waals surface area contributed by atoms with E-state index >= 15 is 0 Å². The fourth-order valence-electron chi connectivity index (χ4n) is 1.11. The molecule has 0 amide bonds. The lowest BCUT2D eigenvalue weighted by Gasteiger charge is -2.08. The highest BCUT2D eigenvalue weighted by Crippen LogP contribution is 2.30. The second kappa shape index (κ2) is 5.42. The van der Waals surface area contributed by atoms with Crippen LogP contribution in [0.2, 0.25) is 0 Å². The number of halogens is 3. The maximum Gasteiger partial charge on any atom is 0.416 e. The van der Waals surface area contributed by atoms with Crippen LogP contribution in [-0.4, -0.2) is 12.3 Å². The highest BCUT2D eigenvalue weighted by Gasteiger charge is 2.30. The number of alkyl halides is 3. The van der Waals surface area contributed by atoms with E-state index in [2.05, 4.69) is 0 Å². The van der Waals surface area contributed by atoms with E-state index in [9.17, 15) is 13.2 Å². The van der Waals surface area contributed by atoms with Crippen LogP contribution in [-0.2, 0) is 11.9 Å². The zero-order chi connectivity index (χ0) is 11.3. The van der Waals surface area contributed by atoms with Gasteiger partial charge in [0, 0.05) is 18.1 Å². The molecule has 1 aromatic rings. The lowest BCUT2D eigenvalue weighted by molar-refractivity contribution is -0.137. The minimum atomic E-state index is -4.26. The molecule has 0 radical (unpaired) electrons. The van der Waals surface area contributed by atoms with Crippen molar-refractivity contribution in [2.24, 2.45) is 5.73 Å². The molecule has 5 heteroatoms. The predicted molar refractivity (Wildman–Crippen MR) is 56.7 cm³/mol. The molecule has 1 rings (SSSR count). The van der Waals surface area contributed by atoms with E-state index in [1.165, 1.54) is 23.9 Å². The van der Waals surface area contributed by atoms with Crippen LogP contribution in [0.5, 0.6) is 0 Å². The number of hydrogen-bond donors (Lipinski definition) is 1. The van der Waals surface area contributed by atoms with Crippen molar-refractivity contribution < 1.29 is 13.2 Å². The molecule has 0 aromatic heterocycles. The van der Waals surface area contributed by atoms with E-state index in [4.69, 9.17) is 5.73 Å². The summed E-state index contributed by atoms with van der Waals surface area (Å²) in [5, 5.41) is 0. The third-order valence-corrected chi connectivity index (χ3v) is 2.85. The summed E-state index contributed by atoms with van der Waals surface area (Å²) in [4.78, 5) is 0. The van der Waals surface area contributed by atoms with Crippen molar-refractivity contribution in [3.8, 4) is 0 Å². The number of hydrogen-bond acceptors (Lipinski definition) is 2. The first-order valence-electron chi connectivity index (χ1n) is 4.48. The van der Waals surface area contributed by atoms with E-state index in [1.54, 1.807) is 6.07 Å². The third-order valence-electron chi connectivity index (χ3n) is 1.79. The first-order valence-corrected chi connectivity index (χ1v) is 5.63. The van der Waals surface area contributed by atoms with Gasteiger partial charge in [0.05, 0.1) is 5.56 Å². The molecule has 0 aliphatic heterocycles. The van der Waals surface area contributed by atoms with E-state index in [0.717, 1.165) is 11.8 Å². The van der Waals surface area contributed by atoms with E-state index in [0.29, 0.717) is 17.9 Å². The van der Waals surface area contributed by atoms with Crippen molar-refractivity contribution in [3.05, 3.63) is 35.4 Å². The summed E-state index contributed by atoms with van der Waals surface area (Å²) >= 11 is 1.53. The highest BCUT2D eigenvalue weighted by molar-refractivity contribution is 7.98. The fraction of sp³-hybridized carbons (Fsp3) is 0.400. The van der Waals surface area contributed by atoms with Crippen molar-refractivity contribution >= 4 is 11.8 Å². The van der Waals surface area contributed by atoms with E-state index < -0.39 is 11.7 Å². The second-order valence-electron chi connectivity index (χ2n) is 3.04. The molecular formula is C10H12F3NS. The summed E-state index contributed by atoms with van der Waals surface area (Å²) in [6, 6.07) is 5.39. The number of rotatable bonds is 4. The molecule has 2 N–H and O–H groups in total. The predicted octanol–water partition coefficient (Wildman–Crippen LogP) is 2.90. The molecule has 0 unspecified atom stereocenters. The second-order valence-corrected chi connectivity index (χ2v) is 4.14. The summed E-state index contributed by atoms with van der Waals surface area (Å²) in [6.45, 7) is 0.545. The highest BCUT2D eigenvalue weighted by atomic mass is 32.2.